The molecule has 0 aromatic heterocycles. The fourth-order valence-corrected chi connectivity index (χ4v) is 4.74. The van der Waals surface area contributed by atoms with Crippen LogP contribution in [0, 0.1) is 0 Å². The van der Waals surface area contributed by atoms with E-state index in [0.717, 1.165) is 0 Å². The molecule has 18 heteroatoms. The summed E-state index contributed by atoms with van der Waals surface area (Å²) in [6, 6.07) is -1.10. The van der Waals surface area contributed by atoms with Gasteiger partial charge < -0.3 is 70.9 Å². The van der Waals surface area contributed by atoms with Gasteiger partial charge >= 0.3 is 0 Å². The molecule has 2 heterocycles. The van der Waals surface area contributed by atoms with E-state index in [4.69, 9.17) is 18.9 Å². The van der Waals surface area contributed by atoms with Gasteiger partial charge in [-0.2, -0.15) is 0 Å². The molecule has 11 unspecified atom stereocenters. The van der Waals surface area contributed by atoms with Crippen molar-refractivity contribution in [2.24, 2.45) is 0 Å². The maximum atomic E-state index is 12.9. The predicted octanol–water partition coefficient (Wildman–Crippen LogP) is -4.52. The maximum Gasteiger partial charge on any atom is 0.242 e. The molecule has 18 nitrogen and oxygen atoms in total. The predicted molar refractivity (Wildman–Crippen MR) is 156 cm³/mol. The summed E-state index contributed by atoms with van der Waals surface area (Å²) >= 11 is 0. The van der Waals surface area contributed by atoms with Crippen molar-refractivity contribution < 1.29 is 68.8 Å². The summed E-state index contributed by atoms with van der Waals surface area (Å²) in [6.45, 7) is 2.71. The van der Waals surface area contributed by atoms with Crippen molar-refractivity contribution in [1.29, 1.82) is 0 Å². The summed E-state index contributed by atoms with van der Waals surface area (Å²) in [5.74, 6) is -1.67. The van der Waals surface area contributed by atoms with E-state index in [0.29, 0.717) is 12.8 Å². The molecule has 0 bridgehead atoms. The van der Waals surface area contributed by atoms with Crippen molar-refractivity contribution in [2.75, 3.05) is 33.4 Å². The van der Waals surface area contributed by atoms with Gasteiger partial charge in [0.2, 0.25) is 23.6 Å². The maximum absolute atomic E-state index is 12.9. The number of hydrogen-bond acceptors (Lipinski definition) is 14. The molecular formula is C28H50N4O14. The Hall–Kier alpha value is -2.52. The third-order valence-corrected chi connectivity index (χ3v) is 7.65. The Morgan fingerprint density at radius 1 is 0.652 bits per heavy atom. The lowest BCUT2D eigenvalue weighted by Gasteiger charge is -2.38. The van der Waals surface area contributed by atoms with E-state index in [1.165, 1.54) is 20.9 Å². The number of hydrogen-bond donors (Lipinski definition) is 10. The largest absolute Gasteiger partial charge is 0.388 e. The van der Waals surface area contributed by atoms with E-state index in [1.54, 1.807) is 0 Å². The zero-order valence-corrected chi connectivity index (χ0v) is 26.4. The molecule has 0 aromatic carbocycles. The van der Waals surface area contributed by atoms with Crippen LogP contribution in [-0.2, 0) is 38.1 Å². The minimum absolute atomic E-state index is 0.00374. The van der Waals surface area contributed by atoms with Crippen molar-refractivity contribution in [2.45, 2.75) is 120 Å². The number of aliphatic hydroxyl groups is 6. The van der Waals surface area contributed by atoms with Gasteiger partial charge in [-0.05, 0) is 33.1 Å². The standard InChI is InChI=1S/C28H50N4O14/c1-14-20(36)22(38)24(40)27(45-14)43-12-10-30-18(34)9-8-16(32-19(35)7-5-4-6-17(33)29-3)26(42)31-11-13-44-28-25(41)23(39)21(37)15(2)46-28/h14-16,20-25,27-28,36-41H,4-13H2,1-3H3,(H,29,33)(H,30,34)(H,31,42)(H,32,35). The second-order valence-corrected chi connectivity index (χ2v) is 11.3. The van der Waals surface area contributed by atoms with Crippen LogP contribution < -0.4 is 21.3 Å². The smallest absolute Gasteiger partial charge is 0.242 e. The topological polar surface area (TPSA) is 275 Å². The summed E-state index contributed by atoms with van der Waals surface area (Å²) in [4.78, 5) is 49.3. The van der Waals surface area contributed by atoms with Gasteiger partial charge in [0.15, 0.2) is 12.6 Å². The van der Waals surface area contributed by atoms with Crippen molar-refractivity contribution in [3.8, 4) is 0 Å². The SMILES string of the molecule is CNC(=O)CCCCC(=O)NC(CCC(=O)NCCOC1OC(C)C(O)C(O)C1O)C(=O)NCCOC1OC(C)C(O)C(O)C1O. The van der Waals surface area contributed by atoms with Gasteiger partial charge in [-0.1, -0.05) is 0 Å². The molecule has 266 valence electrons. The molecule has 0 radical (unpaired) electrons. The van der Waals surface area contributed by atoms with E-state index in [9.17, 15) is 49.8 Å². The molecule has 0 aromatic rings. The number of aliphatic hydroxyl groups excluding tert-OH is 6. The normalized spacial score (nSPS) is 31.8. The number of unbranched alkanes of at least 4 members (excludes halogenated alkanes) is 1. The molecule has 2 rings (SSSR count). The van der Waals surface area contributed by atoms with E-state index in [2.05, 4.69) is 21.3 Å². The summed E-state index contributed by atoms with van der Waals surface area (Å²) in [5, 5.41) is 69.7. The van der Waals surface area contributed by atoms with Crippen LogP contribution in [0.5, 0.6) is 0 Å². The first kappa shape index (κ1) is 39.7. The van der Waals surface area contributed by atoms with Gasteiger partial charge in [-0.3, -0.25) is 19.2 Å². The van der Waals surface area contributed by atoms with Gasteiger partial charge in [0.25, 0.3) is 0 Å². The minimum Gasteiger partial charge on any atom is -0.388 e. The molecule has 10 N–H and O–H groups in total. The molecule has 4 amide bonds. The number of nitrogens with one attached hydrogen (secondary N) is 4. The number of carbonyl (C=O) groups is 4. The van der Waals surface area contributed by atoms with Crippen molar-refractivity contribution in [3.05, 3.63) is 0 Å². The molecule has 11 atom stereocenters. The highest BCUT2D eigenvalue weighted by Crippen LogP contribution is 2.22. The number of ether oxygens (including phenoxy) is 4. The van der Waals surface area contributed by atoms with Crippen LogP contribution in [0.3, 0.4) is 0 Å². The van der Waals surface area contributed by atoms with Gasteiger partial charge in [0.1, 0.15) is 42.7 Å². The van der Waals surface area contributed by atoms with Gasteiger partial charge in [0, 0.05) is 39.4 Å². The molecule has 0 aliphatic carbocycles. The van der Waals surface area contributed by atoms with E-state index >= 15 is 0 Å². The molecule has 2 aliphatic rings. The molecule has 2 saturated heterocycles. The van der Waals surface area contributed by atoms with E-state index in [-0.39, 0.29) is 57.9 Å². The highest BCUT2D eigenvalue weighted by Gasteiger charge is 2.43. The average molecular weight is 667 g/mol. The summed E-state index contributed by atoms with van der Waals surface area (Å²) in [5.41, 5.74) is 0. The third-order valence-electron chi connectivity index (χ3n) is 7.65. The van der Waals surface area contributed by atoms with Gasteiger partial charge in [-0.15, -0.1) is 0 Å². The zero-order chi connectivity index (χ0) is 34.4. The lowest BCUT2D eigenvalue weighted by Crippen LogP contribution is -2.57. The first-order valence-corrected chi connectivity index (χ1v) is 15.4. The Labute approximate surface area is 267 Å². The average Bonchev–Trinajstić information content (AvgIpc) is 3.03. The lowest BCUT2D eigenvalue weighted by atomic mass is 10.0. The Balaban J connectivity index is 1.82. The van der Waals surface area contributed by atoms with Crippen molar-refractivity contribution >= 4 is 23.6 Å². The lowest BCUT2D eigenvalue weighted by molar-refractivity contribution is -0.292. The fraction of sp³-hybridized carbons (Fsp3) is 0.857. The van der Waals surface area contributed by atoms with Crippen LogP contribution in [0.2, 0.25) is 0 Å². The summed E-state index contributed by atoms with van der Waals surface area (Å²) in [7, 11) is 1.51. The Bertz CT molecular complexity index is 976. The molecule has 2 aliphatic heterocycles. The molecule has 0 saturated carbocycles. The van der Waals surface area contributed by atoms with Crippen LogP contribution in [0.25, 0.3) is 0 Å². The van der Waals surface area contributed by atoms with E-state index < -0.39 is 85.2 Å². The summed E-state index contributed by atoms with van der Waals surface area (Å²) < 4.78 is 21.5. The highest BCUT2D eigenvalue weighted by molar-refractivity contribution is 5.88. The quantitative estimate of drug-likeness (QED) is 0.0618. The van der Waals surface area contributed by atoms with E-state index in [1.807, 2.05) is 0 Å². The third kappa shape index (κ3) is 12.6. The fourth-order valence-electron chi connectivity index (χ4n) is 4.74. The van der Waals surface area contributed by atoms with Crippen LogP contribution in [0.4, 0.5) is 0 Å². The minimum atomic E-state index is -1.51. The van der Waals surface area contributed by atoms with Crippen LogP contribution in [0.1, 0.15) is 52.4 Å². The molecule has 2 fully saturated rings. The monoisotopic (exact) mass is 666 g/mol. The van der Waals surface area contributed by atoms with Gasteiger partial charge in [0.05, 0.1) is 25.4 Å². The zero-order valence-electron chi connectivity index (χ0n) is 26.4. The first-order chi connectivity index (χ1) is 21.8. The van der Waals surface area contributed by atoms with Crippen LogP contribution >= 0.6 is 0 Å². The Morgan fingerprint density at radius 2 is 1.13 bits per heavy atom. The first-order valence-electron chi connectivity index (χ1n) is 15.4. The van der Waals surface area contributed by atoms with Crippen molar-refractivity contribution in [1.82, 2.24) is 21.3 Å². The number of carbonyl (C=O) groups excluding carboxylic acids is 4. The number of amides is 4. The van der Waals surface area contributed by atoms with Crippen molar-refractivity contribution in [3.63, 3.8) is 0 Å². The Kier molecular flexibility index (Phi) is 17.2. The molecule has 0 spiro atoms. The second kappa shape index (κ2) is 20.0. The number of rotatable bonds is 18. The molecule has 46 heavy (non-hydrogen) atoms. The molecular weight excluding hydrogens is 616 g/mol. The Morgan fingerprint density at radius 3 is 1.63 bits per heavy atom. The van der Waals surface area contributed by atoms with Crippen LogP contribution in [0.15, 0.2) is 0 Å². The second-order valence-electron chi connectivity index (χ2n) is 11.3. The highest BCUT2D eigenvalue weighted by atomic mass is 16.7. The summed E-state index contributed by atoms with van der Waals surface area (Å²) in [6.07, 6.45) is -11.6. The van der Waals surface area contributed by atoms with Gasteiger partial charge in [-0.25, -0.2) is 0 Å². The van der Waals surface area contributed by atoms with Crippen LogP contribution in [-0.4, -0.2) is 155 Å².